The summed E-state index contributed by atoms with van der Waals surface area (Å²) >= 11 is 0. The molecule has 78 valence electrons. The molecule has 2 N–H and O–H groups in total. The molecule has 0 saturated heterocycles. The van der Waals surface area contributed by atoms with Crippen molar-refractivity contribution in [2.75, 3.05) is 0 Å². The quantitative estimate of drug-likeness (QED) is 0.757. The third-order valence-corrected chi connectivity index (χ3v) is 3.41. The molecule has 1 saturated carbocycles. The number of hydrogen-bond donors (Lipinski definition) is 2. The molecule has 3 atom stereocenters. The second-order valence-corrected chi connectivity index (χ2v) is 4.53. The Bertz CT molecular complexity index is 266. The summed E-state index contributed by atoms with van der Waals surface area (Å²) in [5, 5.41) is 3.70. The fourth-order valence-corrected chi connectivity index (χ4v) is 2.42. The lowest BCUT2D eigenvalue weighted by Gasteiger charge is -2.22. The van der Waals surface area contributed by atoms with Crippen LogP contribution < -0.4 is 5.32 Å². The first-order valence-electron chi connectivity index (χ1n) is 5.66. The maximum Gasteiger partial charge on any atom is 0.0446 e. The minimum Gasteiger partial charge on any atom is -0.364 e. The molecule has 0 amide bonds. The Hall–Kier alpha value is -0.760. The van der Waals surface area contributed by atoms with E-state index in [4.69, 9.17) is 0 Å². The van der Waals surface area contributed by atoms with Crippen molar-refractivity contribution in [3.8, 4) is 0 Å². The maximum atomic E-state index is 3.70. The van der Waals surface area contributed by atoms with Crippen LogP contribution in [0, 0.1) is 5.92 Å². The standard InChI is InChI=1S/C12H20N2/c1-9-5-3-6-11(9)14-10(2)12-7-4-8-13-12/h4,7-11,13-14H,3,5-6H2,1-2H3. The van der Waals surface area contributed by atoms with Gasteiger partial charge in [-0.15, -0.1) is 0 Å². The average Bonchev–Trinajstić information content (AvgIpc) is 2.77. The largest absolute Gasteiger partial charge is 0.364 e. The summed E-state index contributed by atoms with van der Waals surface area (Å²) < 4.78 is 0. The summed E-state index contributed by atoms with van der Waals surface area (Å²) in [6, 6.07) is 5.38. The lowest BCUT2D eigenvalue weighted by Crippen LogP contribution is -2.33. The highest BCUT2D eigenvalue weighted by Crippen LogP contribution is 2.26. The van der Waals surface area contributed by atoms with Crippen LogP contribution in [-0.2, 0) is 0 Å². The van der Waals surface area contributed by atoms with Crippen LogP contribution in [0.1, 0.15) is 44.8 Å². The second kappa shape index (κ2) is 4.18. The molecule has 1 heterocycles. The molecule has 0 aliphatic heterocycles. The highest BCUT2D eigenvalue weighted by Gasteiger charge is 2.24. The molecule has 3 unspecified atom stereocenters. The highest BCUT2D eigenvalue weighted by atomic mass is 15.0. The van der Waals surface area contributed by atoms with Crippen molar-refractivity contribution in [2.45, 2.75) is 45.2 Å². The van der Waals surface area contributed by atoms with Gasteiger partial charge in [0.1, 0.15) is 0 Å². The van der Waals surface area contributed by atoms with Crippen LogP contribution in [0.25, 0.3) is 0 Å². The van der Waals surface area contributed by atoms with Crippen molar-refractivity contribution in [1.82, 2.24) is 10.3 Å². The average molecular weight is 192 g/mol. The topological polar surface area (TPSA) is 27.8 Å². The van der Waals surface area contributed by atoms with Gasteiger partial charge in [-0.05, 0) is 37.8 Å². The Labute approximate surface area is 86.1 Å². The summed E-state index contributed by atoms with van der Waals surface area (Å²) in [5.41, 5.74) is 1.30. The van der Waals surface area contributed by atoms with E-state index in [1.54, 1.807) is 0 Å². The van der Waals surface area contributed by atoms with Crippen molar-refractivity contribution in [2.24, 2.45) is 5.92 Å². The predicted octanol–water partition coefficient (Wildman–Crippen LogP) is 2.85. The molecule has 0 spiro atoms. The molecular weight excluding hydrogens is 172 g/mol. The maximum absolute atomic E-state index is 3.70. The van der Waals surface area contributed by atoms with E-state index in [0.717, 1.165) is 5.92 Å². The minimum atomic E-state index is 0.454. The normalized spacial score (nSPS) is 29.3. The third kappa shape index (κ3) is 2.01. The monoisotopic (exact) mass is 192 g/mol. The van der Waals surface area contributed by atoms with Crippen molar-refractivity contribution >= 4 is 0 Å². The van der Waals surface area contributed by atoms with Gasteiger partial charge in [0.2, 0.25) is 0 Å². The van der Waals surface area contributed by atoms with Gasteiger partial charge in [-0.2, -0.15) is 0 Å². The van der Waals surface area contributed by atoms with E-state index in [1.165, 1.54) is 25.0 Å². The lowest BCUT2D eigenvalue weighted by atomic mass is 10.1. The van der Waals surface area contributed by atoms with E-state index in [0.29, 0.717) is 12.1 Å². The van der Waals surface area contributed by atoms with E-state index in [1.807, 2.05) is 6.20 Å². The van der Waals surface area contributed by atoms with Gasteiger partial charge in [0.05, 0.1) is 0 Å². The van der Waals surface area contributed by atoms with Gasteiger partial charge in [-0.3, -0.25) is 0 Å². The summed E-state index contributed by atoms with van der Waals surface area (Å²) in [6.45, 7) is 4.59. The SMILES string of the molecule is CC(NC1CCCC1C)c1ccc[nH]1. The van der Waals surface area contributed by atoms with E-state index in [-0.39, 0.29) is 0 Å². The summed E-state index contributed by atoms with van der Waals surface area (Å²) in [4.78, 5) is 3.26. The number of aromatic amines is 1. The van der Waals surface area contributed by atoms with E-state index < -0.39 is 0 Å². The Kier molecular flexibility index (Phi) is 2.92. The zero-order valence-corrected chi connectivity index (χ0v) is 9.09. The molecule has 2 heteroatoms. The first kappa shape index (κ1) is 9.78. The number of hydrogen-bond acceptors (Lipinski definition) is 1. The van der Waals surface area contributed by atoms with Gasteiger partial charge in [-0.1, -0.05) is 13.3 Å². The Morgan fingerprint density at radius 1 is 1.50 bits per heavy atom. The van der Waals surface area contributed by atoms with E-state index in [2.05, 4.69) is 36.3 Å². The van der Waals surface area contributed by atoms with Crippen LogP contribution in [0.5, 0.6) is 0 Å². The fraction of sp³-hybridized carbons (Fsp3) is 0.667. The fourth-order valence-electron chi connectivity index (χ4n) is 2.42. The van der Waals surface area contributed by atoms with Gasteiger partial charge in [-0.25, -0.2) is 0 Å². The van der Waals surface area contributed by atoms with Crippen molar-refractivity contribution < 1.29 is 0 Å². The molecule has 0 radical (unpaired) electrons. The van der Waals surface area contributed by atoms with Crippen LogP contribution in [0.15, 0.2) is 18.3 Å². The Morgan fingerprint density at radius 2 is 2.36 bits per heavy atom. The van der Waals surface area contributed by atoms with Crippen molar-refractivity contribution in [3.05, 3.63) is 24.0 Å². The van der Waals surface area contributed by atoms with Crippen LogP contribution in [0.4, 0.5) is 0 Å². The molecular formula is C12H20N2. The first-order valence-corrected chi connectivity index (χ1v) is 5.66. The number of H-pyrrole nitrogens is 1. The number of aromatic nitrogens is 1. The zero-order chi connectivity index (χ0) is 9.97. The summed E-state index contributed by atoms with van der Waals surface area (Å²) in [6.07, 6.45) is 6.10. The van der Waals surface area contributed by atoms with Crippen LogP contribution in [0.2, 0.25) is 0 Å². The molecule has 0 bridgehead atoms. The van der Waals surface area contributed by atoms with Gasteiger partial charge in [0.25, 0.3) is 0 Å². The lowest BCUT2D eigenvalue weighted by molar-refractivity contribution is 0.385. The van der Waals surface area contributed by atoms with Crippen molar-refractivity contribution in [3.63, 3.8) is 0 Å². The molecule has 0 aromatic carbocycles. The number of nitrogens with one attached hydrogen (secondary N) is 2. The van der Waals surface area contributed by atoms with Crippen LogP contribution in [-0.4, -0.2) is 11.0 Å². The smallest absolute Gasteiger partial charge is 0.0446 e. The zero-order valence-electron chi connectivity index (χ0n) is 9.09. The Balaban J connectivity index is 1.91. The molecule has 14 heavy (non-hydrogen) atoms. The molecule has 2 nitrogen and oxygen atoms in total. The van der Waals surface area contributed by atoms with Gasteiger partial charge in [0.15, 0.2) is 0 Å². The third-order valence-electron chi connectivity index (χ3n) is 3.41. The van der Waals surface area contributed by atoms with Crippen molar-refractivity contribution in [1.29, 1.82) is 0 Å². The first-order chi connectivity index (χ1) is 6.77. The molecule has 2 rings (SSSR count). The van der Waals surface area contributed by atoms with E-state index >= 15 is 0 Å². The molecule has 1 fully saturated rings. The predicted molar refractivity (Wildman–Crippen MR) is 59.1 cm³/mol. The molecule has 1 aliphatic rings. The molecule has 1 aromatic heterocycles. The van der Waals surface area contributed by atoms with Crippen LogP contribution in [0.3, 0.4) is 0 Å². The van der Waals surface area contributed by atoms with Gasteiger partial charge < -0.3 is 10.3 Å². The Morgan fingerprint density at radius 3 is 2.93 bits per heavy atom. The van der Waals surface area contributed by atoms with E-state index in [9.17, 15) is 0 Å². The summed E-state index contributed by atoms with van der Waals surface area (Å²) in [7, 11) is 0. The van der Waals surface area contributed by atoms with Gasteiger partial charge >= 0.3 is 0 Å². The van der Waals surface area contributed by atoms with Gasteiger partial charge in [0, 0.05) is 24.0 Å². The number of rotatable bonds is 3. The molecule has 1 aromatic rings. The minimum absolute atomic E-state index is 0.454. The summed E-state index contributed by atoms with van der Waals surface area (Å²) in [5.74, 6) is 0.840. The second-order valence-electron chi connectivity index (χ2n) is 4.53. The highest BCUT2D eigenvalue weighted by molar-refractivity contribution is 5.08. The van der Waals surface area contributed by atoms with Crippen LogP contribution >= 0.6 is 0 Å². The molecule has 1 aliphatic carbocycles.